The quantitative estimate of drug-likeness (QED) is 0.387. The first kappa shape index (κ1) is 14.8. The molecule has 9 heteroatoms. The van der Waals surface area contributed by atoms with Gasteiger partial charge in [0.05, 0.1) is 22.3 Å². The predicted octanol–water partition coefficient (Wildman–Crippen LogP) is 0.0944. The number of benzene rings is 1. The average molecular weight is 282 g/mol. The summed E-state index contributed by atoms with van der Waals surface area (Å²) >= 11 is 0. The lowest BCUT2D eigenvalue weighted by Crippen LogP contribution is -2.17. The minimum atomic E-state index is -1.68. The molecule has 1 aromatic rings. The Hall–Kier alpha value is -3.23. The van der Waals surface area contributed by atoms with E-state index < -0.39 is 46.1 Å². The van der Waals surface area contributed by atoms with Crippen molar-refractivity contribution in [3.05, 3.63) is 34.4 Å². The molecule has 3 N–H and O–H groups in total. The normalized spacial score (nSPS) is 9.60. The summed E-state index contributed by atoms with van der Waals surface area (Å²) in [6.07, 6.45) is 0. The van der Waals surface area contributed by atoms with Gasteiger partial charge in [-0.15, -0.1) is 0 Å². The van der Waals surface area contributed by atoms with Crippen molar-refractivity contribution >= 4 is 30.3 Å². The molecule has 0 aliphatic rings. The van der Waals surface area contributed by atoms with Crippen LogP contribution >= 0.6 is 0 Å². The third-order valence-corrected chi connectivity index (χ3v) is 2.22. The van der Waals surface area contributed by atoms with Crippen LogP contribution in [0.5, 0.6) is 0 Å². The molecule has 0 aliphatic carbocycles. The summed E-state index contributed by atoms with van der Waals surface area (Å²) < 4.78 is 3.93. The van der Waals surface area contributed by atoms with E-state index in [1.807, 2.05) is 0 Å². The monoisotopic (exact) mass is 282 g/mol. The maximum absolute atomic E-state index is 11.4. The Morgan fingerprint density at radius 3 is 1.50 bits per heavy atom. The van der Waals surface area contributed by atoms with Crippen LogP contribution in [-0.2, 0) is 9.53 Å². The van der Waals surface area contributed by atoms with E-state index in [2.05, 4.69) is 4.74 Å². The van der Waals surface area contributed by atoms with Crippen LogP contribution in [0.15, 0.2) is 12.1 Å². The number of hydrogen-bond acceptors (Lipinski definition) is 6. The van der Waals surface area contributed by atoms with E-state index in [0.29, 0.717) is 12.1 Å². The second-order valence-corrected chi connectivity index (χ2v) is 3.36. The minimum Gasteiger partial charge on any atom is -0.478 e. The first-order chi connectivity index (χ1) is 9.29. The van der Waals surface area contributed by atoms with Crippen LogP contribution in [-0.4, -0.2) is 45.7 Å². The lowest BCUT2D eigenvalue weighted by Gasteiger charge is -2.08. The van der Waals surface area contributed by atoms with E-state index in [0.717, 1.165) is 0 Å². The molecule has 0 unspecified atom stereocenters. The van der Waals surface area contributed by atoms with Crippen LogP contribution in [0, 0.1) is 0 Å². The second kappa shape index (κ2) is 5.61. The van der Waals surface area contributed by atoms with Gasteiger partial charge in [0.15, 0.2) is 0 Å². The Balaban J connectivity index is 3.65. The fourth-order valence-electron chi connectivity index (χ4n) is 1.41. The zero-order valence-corrected chi connectivity index (χ0v) is 9.52. The van der Waals surface area contributed by atoms with Gasteiger partial charge in [0.25, 0.3) is 0 Å². The number of ether oxygens (including phenoxy) is 1. The molecule has 1 rings (SSSR count). The molecule has 20 heavy (non-hydrogen) atoms. The van der Waals surface area contributed by atoms with Crippen LogP contribution < -0.4 is 0 Å². The van der Waals surface area contributed by atoms with E-state index >= 15 is 0 Å². The molecule has 0 saturated heterocycles. The average Bonchev–Trinajstić information content (AvgIpc) is 2.36. The Morgan fingerprint density at radius 1 is 0.800 bits per heavy atom. The molecule has 1 aromatic carbocycles. The topological polar surface area (TPSA) is 155 Å². The number of carbonyl (C=O) groups is 5. The van der Waals surface area contributed by atoms with Crippen molar-refractivity contribution in [2.75, 3.05) is 0 Å². The molecule has 0 fully saturated rings. The van der Waals surface area contributed by atoms with Crippen LogP contribution in [0.3, 0.4) is 0 Å². The number of aromatic carboxylic acids is 3. The SMILES string of the molecule is O=COC(=O)c1cc(C(=O)O)c(C(=O)O)cc1C(=O)O. The third kappa shape index (κ3) is 2.77. The van der Waals surface area contributed by atoms with Gasteiger partial charge >= 0.3 is 30.3 Å². The van der Waals surface area contributed by atoms with E-state index in [9.17, 15) is 24.0 Å². The molecular formula is C11H6O9. The highest BCUT2D eigenvalue weighted by Gasteiger charge is 2.26. The predicted molar refractivity (Wildman–Crippen MR) is 58.8 cm³/mol. The smallest absolute Gasteiger partial charge is 0.346 e. The first-order valence-electron chi connectivity index (χ1n) is 4.82. The number of rotatable bonds is 5. The van der Waals surface area contributed by atoms with E-state index in [-0.39, 0.29) is 6.47 Å². The van der Waals surface area contributed by atoms with Gasteiger partial charge in [-0.3, -0.25) is 4.79 Å². The van der Waals surface area contributed by atoms with Gasteiger partial charge in [0.1, 0.15) is 0 Å². The summed E-state index contributed by atoms with van der Waals surface area (Å²) in [5.41, 5.74) is -3.15. The lowest BCUT2D eigenvalue weighted by molar-refractivity contribution is -0.123. The number of carboxylic acid groups (broad SMARTS) is 3. The zero-order chi connectivity index (χ0) is 15.4. The van der Waals surface area contributed by atoms with Gasteiger partial charge < -0.3 is 20.1 Å². The molecular weight excluding hydrogens is 276 g/mol. The van der Waals surface area contributed by atoms with Crippen molar-refractivity contribution in [2.45, 2.75) is 0 Å². The van der Waals surface area contributed by atoms with Crippen molar-refractivity contribution in [1.82, 2.24) is 0 Å². The number of esters is 1. The van der Waals surface area contributed by atoms with Crippen LogP contribution in [0.2, 0.25) is 0 Å². The molecule has 104 valence electrons. The Labute approximate surface area is 110 Å². The lowest BCUT2D eigenvalue weighted by atomic mass is 9.98. The molecule has 0 saturated carbocycles. The number of hydrogen-bond donors (Lipinski definition) is 3. The molecule has 0 atom stereocenters. The number of carbonyl (C=O) groups excluding carboxylic acids is 2. The third-order valence-electron chi connectivity index (χ3n) is 2.22. The largest absolute Gasteiger partial charge is 0.478 e. The molecule has 0 spiro atoms. The van der Waals surface area contributed by atoms with E-state index in [1.54, 1.807) is 0 Å². The molecule has 0 bridgehead atoms. The van der Waals surface area contributed by atoms with Gasteiger partial charge in [0, 0.05) is 0 Å². The van der Waals surface area contributed by atoms with Gasteiger partial charge in [-0.25, -0.2) is 19.2 Å². The Morgan fingerprint density at radius 2 is 1.15 bits per heavy atom. The summed E-state index contributed by atoms with van der Waals surface area (Å²) in [7, 11) is 0. The second-order valence-electron chi connectivity index (χ2n) is 3.36. The Kier molecular flexibility index (Phi) is 4.16. The van der Waals surface area contributed by atoms with Crippen molar-refractivity contribution < 1.29 is 44.0 Å². The molecule has 0 heterocycles. The molecule has 9 nitrogen and oxygen atoms in total. The fourth-order valence-corrected chi connectivity index (χ4v) is 1.41. The zero-order valence-electron chi connectivity index (χ0n) is 9.52. The van der Waals surface area contributed by atoms with Gasteiger partial charge in [-0.1, -0.05) is 0 Å². The van der Waals surface area contributed by atoms with Crippen molar-refractivity contribution in [3.63, 3.8) is 0 Å². The fraction of sp³-hybridized carbons (Fsp3) is 0. The summed E-state index contributed by atoms with van der Waals surface area (Å²) in [4.78, 5) is 54.2. The van der Waals surface area contributed by atoms with Crippen LogP contribution in [0.4, 0.5) is 0 Å². The van der Waals surface area contributed by atoms with Crippen LogP contribution in [0.1, 0.15) is 41.4 Å². The summed E-state index contributed by atoms with van der Waals surface area (Å²) in [6.45, 7) is -0.264. The summed E-state index contributed by atoms with van der Waals surface area (Å²) in [5, 5.41) is 26.6. The van der Waals surface area contributed by atoms with Gasteiger partial charge in [-0.2, -0.15) is 0 Å². The van der Waals surface area contributed by atoms with E-state index in [4.69, 9.17) is 15.3 Å². The van der Waals surface area contributed by atoms with Crippen LogP contribution in [0.25, 0.3) is 0 Å². The molecule has 0 aliphatic heterocycles. The Bertz CT molecular complexity index is 629. The molecule has 0 radical (unpaired) electrons. The highest BCUT2D eigenvalue weighted by molar-refractivity contribution is 6.10. The maximum atomic E-state index is 11.4. The molecule has 0 amide bonds. The summed E-state index contributed by atoms with van der Waals surface area (Å²) in [5.74, 6) is -6.45. The maximum Gasteiger partial charge on any atom is 0.346 e. The number of carboxylic acids is 3. The van der Waals surface area contributed by atoms with Crippen molar-refractivity contribution in [2.24, 2.45) is 0 Å². The highest BCUT2D eigenvalue weighted by Crippen LogP contribution is 2.19. The first-order valence-corrected chi connectivity index (χ1v) is 4.82. The highest BCUT2D eigenvalue weighted by atomic mass is 16.6. The van der Waals surface area contributed by atoms with Crippen molar-refractivity contribution in [1.29, 1.82) is 0 Å². The molecule has 0 aromatic heterocycles. The van der Waals surface area contributed by atoms with Gasteiger partial charge in [0.2, 0.25) is 0 Å². The van der Waals surface area contributed by atoms with Gasteiger partial charge in [-0.05, 0) is 12.1 Å². The van der Waals surface area contributed by atoms with E-state index in [1.165, 1.54) is 0 Å². The summed E-state index contributed by atoms with van der Waals surface area (Å²) in [6, 6.07) is 1.04. The standard InChI is InChI=1S/C11H6O9/c12-3-20-11(19)7-2-5(9(15)16)4(8(13)14)1-6(7)10(17)18/h1-3H,(H,13,14)(H,15,16)(H,17,18). The van der Waals surface area contributed by atoms with Crippen molar-refractivity contribution in [3.8, 4) is 0 Å². The minimum absolute atomic E-state index is 0.264.